The van der Waals surface area contributed by atoms with Crippen LogP contribution in [0.1, 0.15) is 18.4 Å². The molecule has 2 heterocycles. The number of carbonyl (C=O) groups excluding carboxylic acids is 1. The van der Waals surface area contributed by atoms with Crippen molar-refractivity contribution in [3.05, 3.63) is 70.2 Å². The molecule has 166 valence electrons. The van der Waals surface area contributed by atoms with Gasteiger partial charge in [0.2, 0.25) is 10.0 Å². The van der Waals surface area contributed by atoms with Gasteiger partial charge in [-0.05, 0) is 43.2 Å². The number of carbonyl (C=O) groups is 1. The molecule has 6 nitrogen and oxygen atoms in total. The molecule has 0 saturated carbocycles. The van der Waals surface area contributed by atoms with Gasteiger partial charge in [-0.1, -0.05) is 47.5 Å². The summed E-state index contributed by atoms with van der Waals surface area (Å²) in [4.78, 5) is 14.4. The van der Waals surface area contributed by atoms with Crippen molar-refractivity contribution in [3.8, 4) is 0 Å². The summed E-state index contributed by atoms with van der Waals surface area (Å²) in [6.45, 7) is 0.787. The van der Waals surface area contributed by atoms with Crippen LogP contribution in [0.2, 0.25) is 10.0 Å². The van der Waals surface area contributed by atoms with E-state index in [1.54, 1.807) is 47.4 Å². The van der Waals surface area contributed by atoms with E-state index in [0.29, 0.717) is 46.7 Å². The fourth-order valence-electron chi connectivity index (χ4n) is 4.51. The molecule has 3 aromatic carbocycles. The van der Waals surface area contributed by atoms with Crippen LogP contribution < -0.4 is 4.90 Å². The first-order valence-electron chi connectivity index (χ1n) is 10.3. The van der Waals surface area contributed by atoms with Crippen molar-refractivity contribution < 1.29 is 17.9 Å². The Labute approximate surface area is 196 Å². The number of hydrogen-bond acceptors (Lipinski definition) is 4. The molecule has 5 rings (SSSR count). The lowest BCUT2D eigenvalue weighted by Gasteiger charge is -2.39. The van der Waals surface area contributed by atoms with Crippen LogP contribution in [0.15, 0.2) is 59.5 Å². The second kappa shape index (κ2) is 8.23. The molecule has 2 aliphatic heterocycles. The number of halogens is 2. The zero-order valence-corrected chi connectivity index (χ0v) is 19.3. The third-order valence-electron chi connectivity index (χ3n) is 6.08. The molecule has 32 heavy (non-hydrogen) atoms. The summed E-state index contributed by atoms with van der Waals surface area (Å²) in [7, 11) is -3.72. The lowest BCUT2D eigenvalue weighted by molar-refractivity contribution is 0.136. The van der Waals surface area contributed by atoms with E-state index in [0.717, 1.165) is 11.3 Å². The lowest BCUT2D eigenvalue weighted by atomic mass is 10.0. The molecule has 1 fully saturated rings. The summed E-state index contributed by atoms with van der Waals surface area (Å²) >= 11 is 12.4. The smallest absolute Gasteiger partial charge is 0.414 e. The largest absolute Gasteiger partial charge is 0.444 e. The molecule has 2 aliphatic rings. The zero-order valence-electron chi connectivity index (χ0n) is 17.0. The van der Waals surface area contributed by atoms with E-state index in [-0.39, 0.29) is 17.5 Å². The van der Waals surface area contributed by atoms with E-state index >= 15 is 0 Å². The summed E-state index contributed by atoms with van der Waals surface area (Å²) in [5.74, 6) is 0. The maximum absolute atomic E-state index is 13.5. The normalized spacial score (nSPS) is 17.9. The fourth-order valence-corrected chi connectivity index (χ4v) is 6.61. The number of hydrogen-bond donors (Lipinski definition) is 0. The Morgan fingerprint density at radius 3 is 2.44 bits per heavy atom. The van der Waals surface area contributed by atoms with Crippen LogP contribution >= 0.6 is 23.2 Å². The van der Waals surface area contributed by atoms with Crippen molar-refractivity contribution in [1.29, 1.82) is 0 Å². The van der Waals surface area contributed by atoms with Gasteiger partial charge in [-0.2, -0.15) is 4.31 Å². The molecular weight excluding hydrogens is 471 g/mol. The highest BCUT2D eigenvalue weighted by atomic mass is 35.5. The van der Waals surface area contributed by atoms with Gasteiger partial charge >= 0.3 is 6.09 Å². The van der Waals surface area contributed by atoms with Crippen molar-refractivity contribution >= 4 is 55.8 Å². The Hall–Kier alpha value is -2.32. The van der Waals surface area contributed by atoms with Gasteiger partial charge in [-0.25, -0.2) is 13.2 Å². The molecule has 3 aromatic rings. The van der Waals surface area contributed by atoms with Crippen LogP contribution in [0.3, 0.4) is 0 Å². The van der Waals surface area contributed by atoms with Crippen molar-refractivity contribution in [2.24, 2.45) is 0 Å². The Morgan fingerprint density at radius 1 is 0.938 bits per heavy atom. The van der Waals surface area contributed by atoms with Gasteiger partial charge in [-0.15, -0.1) is 0 Å². The van der Waals surface area contributed by atoms with E-state index in [1.807, 2.05) is 12.1 Å². The molecule has 0 spiro atoms. The number of sulfonamides is 1. The number of cyclic esters (lactones) is 1. The SMILES string of the molecule is O=C1OCc2cc(Cl)ccc2N1C1CCN(S(=O)(=O)c2cccc3c(Cl)cccc23)CC1. The Bertz CT molecular complexity index is 1320. The maximum Gasteiger partial charge on any atom is 0.414 e. The minimum Gasteiger partial charge on any atom is -0.444 e. The number of nitrogens with zero attached hydrogens (tertiary/aromatic N) is 2. The Balaban J connectivity index is 1.40. The Kier molecular flexibility index (Phi) is 5.53. The fraction of sp³-hybridized carbons (Fsp3) is 0.261. The predicted molar refractivity (Wildman–Crippen MR) is 125 cm³/mol. The van der Waals surface area contributed by atoms with Gasteiger partial charge in [0, 0.05) is 45.5 Å². The van der Waals surface area contributed by atoms with Gasteiger partial charge in [0.25, 0.3) is 0 Å². The molecule has 1 amide bonds. The minimum atomic E-state index is -3.72. The molecule has 0 N–H and O–H groups in total. The van der Waals surface area contributed by atoms with Crippen molar-refractivity contribution in [3.63, 3.8) is 0 Å². The topological polar surface area (TPSA) is 66.9 Å². The zero-order chi connectivity index (χ0) is 22.5. The first-order valence-corrected chi connectivity index (χ1v) is 12.5. The molecular formula is C23H20Cl2N2O4S. The first-order chi connectivity index (χ1) is 15.4. The highest BCUT2D eigenvalue weighted by molar-refractivity contribution is 7.89. The summed E-state index contributed by atoms with van der Waals surface area (Å²) in [5, 5.41) is 2.40. The van der Waals surface area contributed by atoms with Gasteiger partial charge in [-0.3, -0.25) is 4.90 Å². The van der Waals surface area contributed by atoms with E-state index < -0.39 is 16.1 Å². The molecule has 0 atom stereocenters. The third-order valence-corrected chi connectivity index (χ3v) is 8.61. The molecule has 9 heteroatoms. The van der Waals surface area contributed by atoms with E-state index in [9.17, 15) is 13.2 Å². The molecule has 0 bridgehead atoms. The quantitative estimate of drug-likeness (QED) is 0.488. The highest BCUT2D eigenvalue weighted by Crippen LogP contribution is 2.35. The number of fused-ring (bicyclic) bond motifs is 2. The summed E-state index contributed by atoms with van der Waals surface area (Å²) in [6.07, 6.45) is 0.592. The first kappa shape index (κ1) is 21.5. The summed E-state index contributed by atoms with van der Waals surface area (Å²) in [5.41, 5.74) is 1.62. The second-order valence-electron chi connectivity index (χ2n) is 7.92. The molecule has 1 saturated heterocycles. The highest BCUT2D eigenvalue weighted by Gasteiger charge is 2.37. The Morgan fingerprint density at radius 2 is 1.66 bits per heavy atom. The predicted octanol–water partition coefficient (Wildman–Crippen LogP) is 5.46. The van der Waals surface area contributed by atoms with Crippen molar-refractivity contribution in [2.75, 3.05) is 18.0 Å². The van der Waals surface area contributed by atoms with E-state index in [4.69, 9.17) is 27.9 Å². The van der Waals surface area contributed by atoms with Crippen LogP contribution in [-0.2, 0) is 21.4 Å². The van der Waals surface area contributed by atoms with Crippen molar-refractivity contribution in [1.82, 2.24) is 4.31 Å². The number of amides is 1. The average molecular weight is 491 g/mol. The standard InChI is InChI=1S/C23H20Cl2N2O4S/c24-16-7-8-21-15(13-16)14-31-23(28)27(21)17-9-11-26(12-10-17)32(29,30)22-6-2-3-18-19(22)4-1-5-20(18)25/h1-8,13,17H,9-12,14H2. The number of rotatable bonds is 3. The van der Waals surface area contributed by atoms with Crippen LogP contribution in [0.25, 0.3) is 10.8 Å². The minimum absolute atomic E-state index is 0.156. The molecule has 0 aliphatic carbocycles. The van der Waals surface area contributed by atoms with E-state index in [2.05, 4.69) is 0 Å². The molecule has 0 aromatic heterocycles. The van der Waals surface area contributed by atoms with Crippen LogP contribution in [0, 0.1) is 0 Å². The van der Waals surface area contributed by atoms with Crippen molar-refractivity contribution in [2.45, 2.75) is 30.4 Å². The van der Waals surface area contributed by atoms with Gasteiger partial charge in [0.05, 0.1) is 10.6 Å². The number of piperidine rings is 1. The summed E-state index contributed by atoms with van der Waals surface area (Å²) < 4.78 is 33.7. The molecule has 0 radical (unpaired) electrons. The molecule has 0 unspecified atom stereocenters. The number of ether oxygens (including phenoxy) is 1. The van der Waals surface area contributed by atoms with Crippen LogP contribution in [-0.4, -0.2) is 37.9 Å². The number of anilines is 1. The van der Waals surface area contributed by atoms with Crippen LogP contribution in [0.5, 0.6) is 0 Å². The number of benzene rings is 3. The van der Waals surface area contributed by atoms with Gasteiger partial charge in [0.15, 0.2) is 0 Å². The van der Waals surface area contributed by atoms with E-state index in [1.165, 1.54) is 4.31 Å². The second-order valence-corrected chi connectivity index (χ2v) is 10.7. The lowest BCUT2D eigenvalue weighted by Crippen LogP contribution is -2.50. The third kappa shape index (κ3) is 3.63. The van der Waals surface area contributed by atoms with Gasteiger partial charge < -0.3 is 4.74 Å². The average Bonchev–Trinajstić information content (AvgIpc) is 2.79. The summed E-state index contributed by atoms with van der Waals surface area (Å²) in [6, 6.07) is 15.6. The maximum atomic E-state index is 13.5. The van der Waals surface area contributed by atoms with Gasteiger partial charge in [0.1, 0.15) is 6.61 Å². The monoisotopic (exact) mass is 490 g/mol. The van der Waals surface area contributed by atoms with Crippen LogP contribution in [0.4, 0.5) is 10.5 Å².